The third-order valence-corrected chi connectivity index (χ3v) is 4.97. The Bertz CT molecular complexity index is 929. The Morgan fingerprint density at radius 1 is 1.40 bits per heavy atom. The first-order chi connectivity index (χ1) is 9.83. The maximum atomic E-state index is 12.3. The van der Waals surface area contributed by atoms with Crippen LogP contribution in [0.1, 0.15) is 17.6 Å². The van der Waals surface area contributed by atoms with E-state index in [1.807, 2.05) is 18.5 Å². The molecule has 2 bridgehead atoms. The largest absolute Gasteiger partial charge is 0.285 e. The molecule has 0 unspecified atom stereocenters. The molecule has 0 aliphatic heterocycles. The molecule has 0 atom stereocenters. The predicted molar refractivity (Wildman–Crippen MR) is 77.2 cm³/mol. The van der Waals surface area contributed by atoms with Crippen LogP contribution in [-0.2, 0) is 0 Å². The summed E-state index contributed by atoms with van der Waals surface area (Å²) in [5, 5.41) is 6.83. The first-order valence-electron chi connectivity index (χ1n) is 6.59. The minimum Gasteiger partial charge on any atom is -0.285 e. The number of H-pyrrole nitrogens is 1. The van der Waals surface area contributed by atoms with Crippen LogP contribution in [0.25, 0.3) is 31.8 Å². The van der Waals surface area contributed by atoms with Crippen molar-refractivity contribution in [3.63, 3.8) is 0 Å². The van der Waals surface area contributed by atoms with Crippen molar-refractivity contribution in [1.29, 1.82) is 0 Å². The number of aromatic amines is 1. The summed E-state index contributed by atoms with van der Waals surface area (Å²) in [6.07, 6.45) is 5.72. The van der Waals surface area contributed by atoms with Gasteiger partial charge in [-0.2, -0.15) is 5.10 Å². The number of carbonyl (C=O) groups excluding carboxylic acids is 1. The SMILES string of the molecule is O=C(C1CC1)n1c2nc3c(s2)c(-c2cn[nH]c2)ccc31. The van der Waals surface area contributed by atoms with Gasteiger partial charge in [0.05, 0.1) is 16.4 Å². The van der Waals surface area contributed by atoms with Crippen LogP contribution >= 0.6 is 11.3 Å². The Balaban J connectivity index is 1.78. The average molecular weight is 282 g/mol. The molecule has 5 nitrogen and oxygen atoms in total. The van der Waals surface area contributed by atoms with Gasteiger partial charge in [-0.15, -0.1) is 0 Å². The molecule has 0 spiro atoms. The molecule has 98 valence electrons. The average Bonchev–Trinajstić information content (AvgIpc) is 2.90. The van der Waals surface area contributed by atoms with Crippen molar-refractivity contribution in [2.75, 3.05) is 0 Å². The van der Waals surface area contributed by atoms with Gasteiger partial charge in [0.2, 0.25) is 5.91 Å². The maximum absolute atomic E-state index is 12.3. The van der Waals surface area contributed by atoms with Crippen LogP contribution in [0.3, 0.4) is 0 Å². The number of aromatic nitrogens is 4. The fourth-order valence-electron chi connectivity index (χ4n) is 2.71. The number of nitrogens with one attached hydrogen (secondary N) is 1. The highest BCUT2D eigenvalue weighted by Crippen LogP contribution is 2.41. The quantitative estimate of drug-likeness (QED) is 0.614. The monoisotopic (exact) mass is 282 g/mol. The van der Waals surface area contributed by atoms with Crippen molar-refractivity contribution in [2.24, 2.45) is 5.92 Å². The molecule has 3 heterocycles. The highest BCUT2D eigenvalue weighted by atomic mass is 32.1. The third kappa shape index (κ3) is 1.24. The second kappa shape index (κ2) is 3.46. The molecule has 1 N–H and O–H groups in total. The molecule has 1 saturated carbocycles. The number of imidazole rings is 1. The van der Waals surface area contributed by atoms with Crippen molar-refractivity contribution >= 4 is 37.9 Å². The number of benzene rings is 1. The highest BCUT2D eigenvalue weighted by Gasteiger charge is 2.33. The van der Waals surface area contributed by atoms with Crippen LogP contribution in [0.5, 0.6) is 0 Å². The lowest BCUT2D eigenvalue weighted by Crippen LogP contribution is -2.12. The zero-order chi connectivity index (χ0) is 13.3. The topological polar surface area (TPSA) is 63.6 Å². The summed E-state index contributed by atoms with van der Waals surface area (Å²) in [5.74, 6) is 0.415. The van der Waals surface area contributed by atoms with Gasteiger partial charge in [0.15, 0.2) is 4.96 Å². The van der Waals surface area contributed by atoms with Gasteiger partial charge < -0.3 is 0 Å². The van der Waals surface area contributed by atoms with Crippen LogP contribution in [0.2, 0.25) is 0 Å². The second-order valence-corrected chi connectivity index (χ2v) is 6.22. The Labute approximate surface area is 117 Å². The van der Waals surface area contributed by atoms with E-state index in [1.165, 1.54) is 0 Å². The molecule has 1 aliphatic carbocycles. The van der Waals surface area contributed by atoms with Gasteiger partial charge in [-0.3, -0.25) is 14.5 Å². The standard InChI is InChI=1S/C14H10N4OS/c19-13(7-1-2-7)18-10-4-3-9(8-5-15-16-6-8)12-11(10)17-14(18)20-12/h3-7H,1-2H2,(H,15,16). The molecular formula is C14H10N4OS. The van der Waals surface area contributed by atoms with Gasteiger partial charge in [0.1, 0.15) is 5.52 Å². The first kappa shape index (κ1) is 10.6. The highest BCUT2D eigenvalue weighted by molar-refractivity contribution is 7.24. The van der Waals surface area contributed by atoms with Crippen molar-refractivity contribution in [1.82, 2.24) is 19.7 Å². The molecule has 0 radical (unpaired) electrons. The minimum absolute atomic E-state index is 0.205. The summed E-state index contributed by atoms with van der Waals surface area (Å²) in [6, 6.07) is 4.05. The Kier molecular flexibility index (Phi) is 1.83. The van der Waals surface area contributed by atoms with E-state index in [9.17, 15) is 4.79 Å². The number of hydrogen-bond donors (Lipinski definition) is 1. The van der Waals surface area contributed by atoms with E-state index in [0.717, 1.165) is 44.7 Å². The van der Waals surface area contributed by atoms with E-state index >= 15 is 0 Å². The van der Waals surface area contributed by atoms with E-state index in [0.29, 0.717) is 0 Å². The molecule has 0 amide bonds. The fraction of sp³-hybridized carbons (Fsp3) is 0.214. The van der Waals surface area contributed by atoms with Gasteiger partial charge in [-0.1, -0.05) is 17.4 Å². The molecule has 5 rings (SSSR count). The molecule has 1 aliphatic rings. The Morgan fingerprint density at radius 3 is 3.05 bits per heavy atom. The van der Waals surface area contributed by atoms with Crippen molar-refractivity contribution in [3.05, 3.63) is 24.5 Å². The number of carbonyl (C=O) groups is 1. The van der Waals surface area contributed by atoms with Crippen LogP contribution < -0.4 is 0 Å². The Hall–Kier alpha value is -2.21. The Morgan fingerprint density at radius 2 is 2.30 bits per heavy atom. The number of fused-ring (bicyclic) bond motifs is 1. The van der Waals surface area contributed by atoms with Crippen LogP contribution in [0.4, 0.5) is 0 Å². The maximum Gasteiger partial charge on any atom is 0.236 e. The minimum atomic E-state index is 0.205. The smallest absolute Gasteiger partial charge is 0.236 e. The summed E-state index contributed by atoms with van der Waals surface area (Å²) in [7, 11) is 0. The van der Waals surface area contributed by atoms with E-state index in [1.54, 1.807) is 15.9 Å². The van der Waals surface area contributed by atoms with Gasteiger partial charge >= 0.3 is 0 Å². The fourth-order valence-corrected chi connectivity index (χ4v) is 3.85. The normalized spacial score (nSPS) is 15.6. The summed E-state index contributed by atoms with van der Waals surface area (Å²) in [4.78, 5) is 17.7. The van der Waals surface area contributed by atoms with Gasteiger partial charge in [0, 0.05) is 23.2 Å². The molecule has 3 aromatic heterocycles. The van der Waals surface area contributed by atoms with Gasteiger partial charge in [0.25, 0.3) is 0 Å². The molecule has 0 saturated heterocycles. The number of rotatable bonds is 2. The van der Waals surface area contributed by atoms with E-state index < -0.39 is 0 Å². The number of nitrogens with zero attached hydrogens (tertiary/aromatic N) is 3. The van der Waals surface area contributed by atoms with Gasteiger partial charge in [-0.25, -0.2) is 4.98 Å². The van der Waals surface area contributed by atoms with Crippen LogP contribution in [0.15, 0.2) is 24.5 Å². The lowest BCUT2D eigenvalue weighted by atomic mass is 10.1. The number of hydrogen-bond acceptors (Lipinski definition) is 4. The lowest BCUT2D eigenvalue weighted by molar-refractivity contribution is 0.0896. The van der Waals surface area contributed by atoms with Crippen LogP contribution in [0, 0.1) is 5.92 Å². The third-order valence-electron chi connectivity index (χ3n) is 3.90. The second-order valence-electron chi connectivity index (χ2n) is 5.24. The first-order valence-corrected chi connectivity index (χ1v) is 7.41. The van der Waals surface area contributed by atoms with Crippen molar-refractivity contribution in [3.8, 4) is 11.1 Å². The zero-order valence-electron chi connectivity index (χ0n) is 10.5. The summed E-state index contributed by atoms with van der Waals surface area (Å²) in [5.41, 5.74) is 4.06. The summed E-state index contributed by atoms with van der Waals surface area (Å²) < 4.78 is 2.93. The molecular weight excluding hydrogens is 272 g/mol. The molecule has 1 fully saturated rings. The molecule has 20 heavy (non-hydrogen) atoms. The lowest BCUT2D eigenvalue weighted by Gasteiger charge is -2.07. The van der Waals surface area contributed by atoms with E-state index in [4.69, 9.17) is 0 Å². The molecule has 6 heteroatoms. The van der Waals surface area contributed by atoms with E-state index in [-0.39, 0.29) is 11.8 Å². The van der Waals surface area contributed by atoms with Gasteiger partial charge in [-0.05, 0) is 18.9 Å². The number of thiazole rings is 1. The summed E-state index contributed by atoms with van der Waals surface area (Å²) in [6.45, 7) is 0. The van der Waals surface area contributed by atoms with Crippen molar-refractivity contribution < 1.29 is 4.79 Å². The molecule has 1 aromatic carbocycles. The van der Waals surface area contributed by atoms with E-state index in [2.05, 4.69) is 21.2 Å². The predicted octanol–water partition coefficient (Wildman–Crippen LogP) is 3.13. The summed E-state index contributed by atoms with van der Waals surface area (Å²) >= 11 is 1.59. The molecule has 4 aromatic rings. The van der Waals surface area contributed by atoms with Crippen molar-refractivity contribution in [2.45, 2.75) is 12.8 Å². The van der Waals surface area contributed by atoms with Crippen LogP contribution in [-0.4, -0.2) is 25.7 Å². The zero-order valence-corrected chi connectivity index (χ0v) is 11.3.